The smallest absolute Gasteiger partial charge is 0.326 e. The van der Waals surface area contributed by atoms with Crippen LogP contribution in [0.1, 0.15) is 11.3 Å². The Bertz CT molecular complexity index is 1060. The summed E-state index contributed by atoms with van der Waals surface area (Å²) in [5.41, 5.74) is 0.882. The number of carbonyl (C=O) groups excluding carboxylic acids is 3. The Morgan fingerprint density at radius 1 is 1.00 bits per heavy atom. The molecule has 3 aromatic rings. The summed E-state index contributed by atoms with van der Waals surface area (Å²) in [6, 6.07) is 16.3. The molecule has 152 valence electrons. The maximum Gasteiger partial charge on any atom is 0.332 e. The fraction of sp³-hybridized carbons (Fsp3) is 0.136. The predicted octanol–water partition coefficient (Wildman–Crippen LogP) is 4.25. The molecule has 1 atom stereocenters. The average molecular weight is 423 g/mol. The van der Waals surface area contributed by atoms with Crippen molar-refractivity contribution in [1.82, 2.24) is 4.90 Å². The maximum atomic E-state index is 13.3. The lowest BCUT2D eigenvalue weighted by Crippen LogP contribution is -2.37. The lowest BCUT2D eigenvalue weighted by molar-refractivity contribution is -0.124. The van der Waals surface area contributed by atoms with Crippen LogP contribution < -0.4 is 10.2 Å². The monoisotopic (exact) mass is 423 g/mol. The highest BCUT2D eigenvalue weighted by Crippen LogP contribution is 2.29. The number of para-hydroxylation sites is 1. The van der Waals surface area contributed by atoms with Crippen LogP contribution in [0.4, 0.5) is 20.6 Å². The van der Waals surface area contributed by atoms with E-state index in [0.717, 1.165) is 9.78 Å². The van der Waals surface area contributed by atoms with Gasteiger partial charge in [0, 0.05) is 10.6 Å². The molecular formula is C22H18FN3O3S. The fourth-order valence-corrected chi connectivity index (χ4v) is 4.02. The van der Waals surface area contributed by atoms with Gasteiger partial charge in [-0.3, -0.25) is 9.59 Å². The molecule has 1 saturated heterocycles. The van der Waals surface area contributed by atoms with Crippen LogP contribution in [-0.4, -0.2) is 28.8 Å². The predicted molar refractivity (Wildman–Crippen MR) is 113 cm³/mol. The highest BCUT2D eigenvalue weighted by Gasteiger charge is 2.46. The van der Waals surface area contributed by atoms with Crippen LogP contribution in [0.5, 0.6) is 0 Å². The molecule has 0 radical (unpaired) electrons. The van der Waals surface area contributed by atoms with Gasteiger partial charge in [-0.25, -0.2) is 14.1 Å². The van der Waals surface area contributed by atoms with Crippen molar-refractivity contribution in [3.8, 4) is 0 Å². The SMILES string of the molecule is O=C(C[C@@H]1C(=O)N(c2ccc(F)cc2)C(=O)N1Cc1cccs1)Nc1ccccc1. The molecular weight excluding hydrogens is 405 g/mol. The number of amides is 4. The molecule has 1 aromatic heterocycles. The zero-order valence-electron chi connectivity index (χ0n) is 15.8. The van der Waals surface area contributed by atoms with Gasteiger partial charge in [-0.2, -0.15) is 0 Å². The third-order valence-corrected chi connectivity index (χ3v) is 5.61. The molecule has 0 saturated carbocycles. The van der Waals surface area contributed by atoms with Crippen molar-refractivity contribution < 1.29 is 18.8 Å². The van der Waals surface area contributed by atoms with E-state index in [9.17, 15) is 18.8 Å². The van der Waals surface area contributed by atoms with Crippen molar-refractivity contribution in [3.05, 3.63) is 82.8 Å². The molecule has 1 fully saturated rings. The molecule has 0 spiro atoms. The van der Waals surface area contributed by atoms with Crippen LogP contribution in [0, 0.1) is 5.82 Å². The van der Waals surface area contributed by atoms with E-state index in [-0.39, 0.29) is 24.6 Å². The lowest BCUT2D eigenvalue weighted by atomic mass is 10.1. The molecule has 0 aliphatic carbocycles. The summed E-state index contributed by atoms with van der Waals surface area (Å²) in [4.78, 5) is 42.1. The van der Waals surface area contributed by atoms with Gasteiger partial charge in [-0.15, -0.1) is 11.3 Å². The van der Waals surface area contributed by atoms with E-state index in [4.69, 9.17) is 0 Å². The Kier molecular flexibility index (Phi) is 5.58. The Labute approximate surface area is 176 Å². The van der Waals surface area contributed by atoms with E-state index in [2.05, 4.69) is 5.32 Å². The van der Waals surface area contributed by atoms with Crippen molar-refractivity contribution in [2.24, 2.45) is 0 Å². The van der Waals surface area contributed by atoms with Gasteiger partial charge in [0.05, 0.1) is 18.7 Å². The first-order valence-corrected chi connectivity index (χ1v) is 10.2. The van der Waals surface area contributed by atoms with E-state index in [1.54, 1.807) is 24.3 Å². The van der Waals surface area contributed by atoms with Crippen molar-refractivity contribution in [3.63, 3.8) is 0 Å². The molecule has 4 rings (SSSR count). The minimum Gasteiger partial charge on any atom is -0.326 e. The maximum absolute atomic E-state index is 13.3. The number of hydrogen-bond donors (Lipinski definition) is 1. The number of benzene rings is 2. The van der Waals surface area contributed by atoms with Gasteiger partial charge in [-0.1, -0.05) is 24.3 Å². The summed E-state index contributed by atoms with van der Waals surface area (Å²) in [5, 5.41) is 4.63. The highest BCUT2D eigenvalue weighted by atomic mass is 32.1. The summed E-state index contributed by atoms with van der Waals surface area (Å²) < 4.78 is 13.3. The van der Waals surface area contributed by atoms with Gasteiger partial charge in [0.1, 0.15) is 11.9 Å². The second-order valence-corrected chi connectivity index (χ2v) is 7.81. The summed E-state index contributed by atoms with van der Waals surface area (Å²) in [6.45, 7) is 0.212. The summed E-state index contributed by atoms with van der Waals surface area (Å²) >= 11 is 1.46. The third kappa shape index (κ3) is 4.08. The van der Waals surface area contributed by atoms with Gasteiger partial charge < -0.3 is 10.2 Å². The summed E-state index contributed by atoms with van der Waals surface area (Å²) in [6.07, 6.45) is -0.178. The van der Waals surface area contributed by atoms with Gasteiger partial charge in [0.25, 0.3) is 5.91 Å². The van der Waals surface area contributed by atoms with E-state index in [1.807, 2.05) is 23.6 Å². The first-order valence-electron chi connectivity index (χ1n) is 9.30. The standard InChI is InChI=1S/C22H18FN3O3S/c23-15-8-10-17(11-9-15)26-21(28)19(13-20(27)24-16-5-2-1-3-6-16)25(22(26)29)14-18-7-4-12-30-18/h1-12,19H,13-14H2,(H,24,27)/t19-/m1/s1. The minimum atomic E-state index is -0.951. The van der Waals surface area contributed by atoms with Crippen LogP contribution >= 0.6 is 11.3 Å². The van der Waals surface area contributed by atoms with Crippen molar-refractivity contribution in [1.29, 1.82) is 0 Å². The number of anilines is 2. The summed E-state index contributed by atoms with van der Waals surface area (Å²) in [5.74, 6) is -1.34. The number of carbonyl (C=O) groups is 3. The second kappa shape index (κ2) is 8.46. The van der Waals surface area contributed by atoms with Gasteiger partial charge >= 0.3 is 6.03 Å². The molecule has 1 aliphatic rings. The van der Waals surface area contributed by atoms with E-state index < -0.39 is 23.8 Å². The molecule has 30 heavy (non-hydrogen) atoms. The number of thiophene rings is 1. The van der Waals surface area contributed by atoms with Gasteiger partial charge in [0.2, 0.25) is 5.91 Å². The Morgan fingerprint density at radius 3 is 2.40 bits per heavy atom. The zero-order chi connectivity index (χ0) is 21.1. The largest absolute Gasteiger partial charge is 0.332 e. The molecule has 0 unspecified atom stereocenters. The highest BCUT2D eigenvalue weighted by molar-refractivity contribution is 7.09. The molecule has 4 amide bonds. The number of halogens is 1. The van der Waals surface area contributed by atoms with Crippen LogP contribution in [-0.2, 0) is 16.1 Å². The second-order valence-electron chi connectivity index (χ2n) is 6.77. The van der Waals surface area contributed by atoms with Crippen molar-refractivity contribution in [2.45, 2.75) is 19.0 Å². The number of nitrogens with one attached hydrogen (secondary N) is 1. The first kappa shape index (κ1) is 19.8. The molecule has 1 N–H and O–H groups in total. The molecule has 2 heterocycles. The quantitative estimate of drug-likeness (QED) is 0.603. The Morgan fingerprint density at radius 2 is 1.73 bits per heavy atom. The van der Waals surface area contributed by atoms with E-state index in [1.165, 1.54) is 40.5 Å². The minimum absolute atomic E-state index is 0.178. The number of hydrogen-bond acceptors (Lipinski definition) is 4. The molecule has 2 aromatic carbocycles. The van der Waals surface area contributed by atoms with Crippen LogP contribution in [0.25, 0.3) is 0 Å². The van der Waals surface area contributed by atoms with Gasteiger partial charge in [-0.05, 0) is 47.8 Å². The summed E-state index contributed by atoms with van der Waals surface area (Å²) in [7, 11) is 0. The molecule has 0 bridgehead atoms. The first-order chi connectivity index (χ1) is 14.5. The topological polar surface area (TPSA) is 69.7 Å². The van der Waals surface area contributed by atoms with Crippen molar-refractivity contribution >= 4 is 40.6 Å². The third-order valence-electron chi connectivity index (χ3n) is 4.75. The Balaban J connectivity index is 1.59. The molecule has 1 aliphatic heterocycles. The average Bonchev–Trinajstić information content (AvgIpc) is 3.33. The zero-order valence-corrected chi connectivity index (χ0v) is 16.6. The fourth-order valence-electron chi connectivity index (χ4n) is 3.32. The van der Waals surface area contributed by atoms with Crippen molar-refractivity contribution in [2.75, 3.05) is 10.2 Å². The number of rotatable bonds is 6. The molecule has 6 nitrogen and oxygen atoms in total. The van der Waals surface area contributed by atoms with Crippen LogP contribution in [0.2, 0.25) is 0 Å². The number of imide groups is 1. The van der Waals surface area contributed by atoms with Crippen LogP contribution in [0.3, 0.4) is 0 Å². The number of nitrogens with zero attached hydrogens (tertiary/aromatic N) is 2. The van der Waals surface area contributed by atoms with E-state index >= 15 is 0 Å². The lowest BCUT2D eigenvalue weighted by Gasteiger charge is -2.20. The normalized spacial score (nSPS) is 16.2. The van der Waals surface area contributed by atoms with Crippen LogP contribution in [0.15, 0.2) is 72.1 Å². The Hall–Kier alpha value is -3.52. The molecule has 8 heteroatoms. The van der Waals surface area contributed by atoms with E-state index in [0.29, 0.717) is 5.69 Å². The van der Waals surface area contributed by atoms with Gasteiger partial charge in [0.15, 0.2) is 0 Å². The number of urea groups is 1.